The van der Waals surface area contributed by atoms with Gasteiger partial charge < -0.3 is 14.6 Å². The number of hydrogen-bond donors (Lipinski definition) is 3. The molecule has 0 unspecified atom stereocenters. The predicted octanol–water partition coefficient (Wildman–Crippen LogP) is 0.644. The van der Waals surface area contributed by atoms with E-state index in [9.17, 15) is 14.4 Å². The molecule has 0 bridgehead atoms. The van der Waals surface area contributed by atoms with Gasteiger partial charge in [-0.1, -0.05) is 35.5 Å². The molecule has 9 nitrogen and oxygen atoms in total. The molecule has 1 aliphatic heterocycles. The van der Waals surface area contributed by atoms with E-state index in [1.54, 1.807) is 6.07 Å². The number of carbonyl (C=O) groups excluding carboxylic acids is 3. The van der Waals surface area contributed by atoms with E-state index in [1.807, 2.05) is 30.3 Å². The van der Waals surface area contributed by atoms with Crippen molar-refractivity contribution in [3.63, 3.8) is 0 Å². The number of hydrazine groups is 1. The Bertz CT molecular complexity index is 871. The van der Waals surface area contributed by atoms with E-state index in [1.165, 1.54) is 0 Å². The molecule has 4 rings (SSSR count). The highest BCUT2D eigenvalue weighted by Crippen LogP contribution is 2.28. The van der Waals surface area contributed by atoms with Crippen molar-refractivity contribution in [3.8, 4) is 11.3 Å². The Hall–Kier alpha value is -3.20. The molecule has 1 aromatic carbocycles. The lowest BCUT2D eigenvalue weighted by Gasteiger charge is -2.34. The molecule has 146 valence electrons. The van der Waals surface area contributed by atoms with Gasteiger partial charge in [-0.2, -0.15) is 0 Å². The maximum Gasteiger partial charge on any atom is 0.273 e. The van der Waals surface area contributed by atoms with Crippen LogP contribution < -0.4 is 16.2 Å². The van der Waals surface area contributed by atoms with Crippen molar-refractivity contribution in [2.75, 3.05) is 13.2 Å². The van der Waals surface area contributed by atoms with Crippen LogP contribution in [0.1, 0.15) is 23.3 Å². The van der Waals surface area contributed by atoms with Crippen molar-refractivity contribution in [1.29, 1.82) is 0 Å². The summed E-state index contributed by atoms with van der Waals surface area (Å²) in [7, 11) is 0. The van der Waals surface area contributed by atoms with Crippen LogP contribution >= 0.6 is 0 Å². The summed E-state index contributed by atoms with van der Waals surface area (Å²) in [4.78, 5) is 36.0. The lowest BCUT2D eigenvalue weighted by Crippen LogP contribution is -2.55. The first-order valence-electron chi connectivity index (χ1n) is 9.10. The smallest absolute Gasteiger partial charge is 0.273 e. The van der Waals surface area contributed by atoms with Crippen LogP contribution in [0.3, 0.4) is 0 Å². The third-order valence-electron chi connectivity index (χ3n) is 4.96. The number of carbonyl (C=O) groups is 3. The Labute approximate surface area is 160 Å². The third-order valence-corrected chi connectivity index (χ3v) is 4.96. The summed E-state index contributed by atoms with van der Waals surface area (Å²) in [5.74, 6) is -0.773. The molecule has 1 saturated carbocycles. The summed E-state index contributed by atoms with van der Waals surface area (Å²) < 4.78 is 10.2. The molecule has 0 spiro atoms. The number of hydrogen-bond acceptors (Lipinski definition) is 6. The Morgan fingerprint density at radius 1 is 0.964 bits per heavy atom. The SMILES string of the molecule is O=C(N[C@H]1C[C@H](C(=O)NNC(=O)C2COC2)C1)c1cc(-c2ccccc2)on1. The number of amides is 3. The minimum atomic E-state index is -0.340. The molecule has 2 fully saturated rings. The van der Waals surface area contributed by atoms with Gasteiger partial charge in [0.2, 0.25) is 11.8 Å². The average molecular weight is 384 g/mol. The van der Waals surface area contributed by atoms with Gasteiger partial charge in [0, 0.05) is 23.6 Å². The van der Waals surface area contributed by atoms with Crippen molar-refractivity contribution in [3.05, 3.63) is 42.1 Å². The summed E-state index contributed by atoms with van der Waals surface area (Å²) >= 11 is 0. The molecule has 2 heterocycles. The Balaban J connectivity index is 1.21. The van der Waals surface area contributed by atoms with Crippen LogP contribution in [0.25, 0.3) is 11.3 Å². The van der Waals surface area contributed by atoms with Crippen molar-refractivity contribution in [1.82, 2.24) is 21.3 Å². The summed E-state index contributed by atoms with van der Waals surface area (Å²) in [6.07, 6.45) is 1.01. The highest BCUT2D eigenvalue weighted by molar-refractivity contribution is 5.93. The molecule has 2 aliphatic rings. The Morgan fingerprint density at radius 3 is 2.29 bits per heavy atom. The fourth-order valence-electron chi connectivity index (χ4n) is 3.04. The molecule has 3 N–H and O–H groups in total. The minimum Gasteiger partial charge on any atom is -0.380 e. The number of benzene rings is 1. The minimum absolute atomic E-state index is 0.115. The Morgan fingerprint density at radius 2 is 1.64 bits per heavy atom. The Kier molecular flexibility index (Phi) is 5.07. The van der Waals surface area contributed by atoms with E-state index in [4.69, 9.17) is 9.26 Å². The monoisotopic (exact) mass is 384 g/mol. The molecule has 1 aliphatic carbocycles. The van der Waals surface area contributed by atoms with Gasteiger partial charge in [-0.05, 0) is 12.8 Å². The van der Waals surface area contributed by atoms with E-state index in [-0.39, 0.29) is 41.3 Å². The largest absolute Gasteiger partial charge is 0.380 e. The van der Waals surface area contributed by atoms with Gasteiger partial charge in [0.05, 0.1) is 19.1 Å². The van der Waals surface area contributed by atoms with Crippen molar-refractivity contribution < 1.29 is 23.6 Å². The van der Waals surface area contributed by atoms with E-state index >= 15 is 0 Å². The number of aromatic nitrogens is 1. The second kappa shape index (κ2) is 7.81. The molecule has 3 amide bonds. The third kappa shape index (κ3) is 3.89. The fourth-order valence-corrected chi connectivity index (χ4v) is 3.04. The molecule has 2 aromatic rings. The summed E-state index contributed by atoms with van der Waals surface area (Å²) in [6.45, 7) is 0.764. The molecule has 0 radical (unpaired) electrons. The normalized spacial score (nSPS) is 21.1. The van der Waals surface area contributed by atoms with E-state index in [2.05, 4.69) is 21.3 Å². The lowest BCUT2D eigenvalue weighted by atomic mass is 9.79. The zero-order valence-corrected chi connectivity index (χ0v) is 15.0. The van der Waals surface area contributed by atoms with Gasteiger partial charge >= 0.3 is 0 Å². The standard InChI is InChI=1S/C19H20N4O5/c24-17(21-22-18(25)13-9-27-10-13)12-6-14(7-12)20-19(26)15-8-16(28-23-15)11-4-2-1-3-5-11/h1-5,8,12-14H,6-7,9-10H2,(H,20,26)(H,21,24)(H,22,25)/t12-,14-. The number of nitrogens with one attached hydrogen (secondary N) is 3. The van der Waals surface area contributed by atoms with Crippen LogP contribution in [-0.4, -0.2) is 42.1 Å². The molecule has 0 atom stereocenters. The zero-order chi connectivity index (χ0) is 19.5. The maximum atomic E-state index is 12.3. The molecule has 1 aromatic heterocycles. The van der Waals surface area contributed by atoms with Crippen molar-refractivity contribution in [2.45, 2.75) is 18.9 Å². The average Bonchev–Trinajstić information content (AvgIpc) is 3.12. The van der Waals surface area contributed by atoms with Crippen LogP contribution in [0.4, 0.5) is 0 Å². The highest BCUT2D eigenvalue weighted by atomic mass is 16.5. The van der Waals surface area contributed by atoms with Gasteiger partial charge in [-0.25, -0.2) is 0 Å². The van der Waals surface area contributed by atoms with Crippen LogP contribution in [-0.2, 0) is 14.3 Å². The second-order valence-corrected chi connectivity index (χ2v) is 6.99. The van der Waals surface area contributed by atoms with Gasteiger partial charge in [0.1, 0.15) is 0 Å². The first kappa shape index (κ1) is 18.2. The quantitative estimate of drug-likeness (QED) is 0.651. The maximum absolute atomic E-state index is 12.3. The predicted molar refractivity (Wildman–Crippen MR) is 96.5 cm³/mol. The molecule has 1 saturated heterocycles. The number of ether oxygens (including phenoxy) is 1. The van der Waals surface area contributed by atoms with Gasteiger partial charge in [-0.15, -0.1) is 0 Å². The van der Waals surface area contributed by atoms with Crippen LogP contribution in [0.15, 0.2) is 40.9 Å². The van der Waals surface area contributed by atoms with E-state index < -0.39 is 0 Å². The summed E-state index contributed by atoms with van der Waals surface area (Å²) in [5.41, 5.74) is 5.87. The van der Waals surface area contributed by atoms with Gasteiger partial charge in [-0.3, -0.25) is 25.2 Å². The van der Waals surface area contributed by atoms with E-state index in [0.717, 1.165) is 5.56 Å². The molecule has 9 heteroatoms. The zero-order valence-electron chi connectivity index (χ0n) is 15.0. The van der Waals surface area contributed by atoms with Crippen molar-refractivity contribution in [2.24, 2.45) is 11.8 Å². The highest BCUT2D eigenvalue weighted by Gasteiger charge is 2.36. The van der Waals surface area contributed by atoms with Crippen LogP contribution in [0.5, 0.6) is 0 Å². The molecular weight excluding hydrogens is 364 g/mol. The van der Waals surface area contributed by atoms with Gasteiger partial charge in [0.25, 0.3) is 5.91 Å². The number of rotatable bonds is 5. The summed E-state index contributed by atoms with van der Waals surface area (Å²) in [5, 5.41) is 6.65. The fraction of sp³-hybridized carbons (Fsp3) is 0.368. The second-order valence-electron chi connectivity index (χ2n) is 6.99. The van der Waals surface area contributed by atoms with Crippen molar-refractivity contribution >= 4 is 17.7 Å². The van der Waals surface area contributed by atoms with Gasteiger partial charge in [0.15, 0.2) is 11.5 Å². The lowest BCUT2D eigenvalue weighted by molar-refractivity contribution is -0.143. The molecule has 28 heavy (non-hydrogen) atoms. The van der Waals surface area contributed by atoms with Crippen LogP contribution in [0, 0.1) is 11.8 Å². The summed E-state index contributed by atoms with van der Waals surface area (Å²) in [6, 6.07) is 10.9. The first-order valence-corrected chi connectivity index (χ1v) is 9.10. The van der Waals surface area contributed by atoms with E-state index in [0.29, 0.717) is 31.8 Å². The topological polar surface area (TPSA) is 123 Å². The molecular formula is C19H20N4O5. The first-order chi connectivity index (χ1) is 13.6. The number of nitrogens with zero attached hydrogens (tertiary/aromatic N) is 1. The van der Waals surface area contributed by atoms with Crippen LogP contribution in [0.2, 0.25) is 0 Å².